The van der Waals surface area contributed by atoms with E-state index in [0.717, 1.165) is 49.8 Å². The first-order valence-corrected chi connectivity index (χ1v) is 11.0. The smallest absolute Gasteiger partial charge is 0.333 e. The van der Waals surface area contributed by atoms with Crippen LogP contribution in [-0.2, 0) is 23.8 Å². The predicted octanol–water partition coefficient (Wildman–Crippen LogP) is 5.12. The van der Waals surface area contributed by atoms with Crippen LogP contribution < -0.4 is 4.74 Å². The van der Waals surface area contributed by atoms with Crippen LogP contribution in [0.15, 0.2) is 42.5 Å². The lowest BCUT2D eigenvalue weighted by atomic mass is 10.2. The average molecular weight is 433 g/mol. The summed E-state index contributed by atoms with van der Waals surface area (Å²) >= 11 is 0. The molecule has 1 aromatic carbocycles. The second-order valence-electron chi connectivity index (χ2n) is 7.21. The molecule has 1 rings (SSSR count). The molecule has 0 N–H and O–H groups in total. The molecule has 0 atom stereocenters. The van der Waals surface area contributed by atoms with E-state index >= 15 is 0 Å². The topological polar surface area (TPSA) is 71.1 Å². The van der Waals surface area contributed by atoms with Gasteiger partial charge in [0.25, 0.3) is 0 Å². The fourth-order valence-corrected chi connectivity index (χ4v) is 2.47. The Morgan fingerprint density at radius 1 is 0.871 bits per heavy atom. The number of esters is 2. The summed E-state index contributed by atoms with van der Waals surface area (Å²) in [4.78, 5) is 22.9. The molecule has 0 spiro atoms. The van der Waals surface area contributed by atoms with Crippen molar-refractivity contribution in [2.45, 2.75) is 52.4 Å². The zero-order valence-electron chi connectivity index (χ0n) is 18.9. The Kier molecular flexibility index (Phi) is 14.6. The molecule has 0 aromatic heterocycles. The Balaban J connectivity index is 2.11. The lowest BCUT2D eigenvalue weighted by Gasteiger charge is -2.07. The molecule has 6 nitrogen and oxygen atoms in total. The third-order valence-electron chi connectivity index (χ3n) is 4.30. The first-order chi connectivity index (χ1) is 15.0. The summed E-state index contributed by atoms with van der Waals surface area (Å²) in [6.07, 6.45) is 9.00. The van der Waals surface area contributed by atoms with Gasteiger partial charge in [-0.25, -0.2) is 9.59 Å². The quantitative estimate of drug-likeness (QED) is 0.193. The number of hydrogen-bond acceptors (Lipinski definition) is 6. The number of carbonyl (C=O) groups is 2. The molecule has 0 aliphatic rings. The highest BCUT2D eigenvalue weighted by molar-refractivity contribution is 5.87. The summed E-state index contributed by atoms with van der Waals surface area (Å²) < 4.78 is 21.2. The van der Waals surface area contributed by atoms with E-state index in [1.807, 2.05) is 24.3 Å². The van der Waals surface area contributed by atoms with Crippen LogP contribution in [0.5, 0.6) is 5.75 Å². The summed E-state index contributed by atoms with van der Waals surface area (Å²) in [5, 5.41) is 0. The zero-order valence-corrected chi connectivity index (χ0v) is 18.9. The van der Waals surface area contributed by atoms with Crippen LogP contribution in [0.25, 0.3) is 6.08 Å². The highest BCUT2D eigenvalue weighted by Crippen LogP contribution is 2.14. The molecule has 0 heterocycles. The largest absolute Gasteiger partial charge is 0.494 e. The Hall–Kier alpha value is -2.60. The van der Waals surface area contributed by atoms with Crippen LogP contribution >= 0.6 is 0 Å². The van der Waals surface area contributed by atoms with Gasteiger partial charge >= 0.3 is 11.9 Å². The molecular formula is C25H36O6. The number of ether oxygens (including phenoxy) is 4. The molecule has 0 saturated carbocycles. The SMILES string of the molecule is C=C(C)C(=O)OCCCCCCOc1ccc(C=CC(=O)OCCOCCCC)cc1. The minimum absolute atomic E-state index is 0.263. The molecule has 0 aliphatic heterocycles. The summed E-state index contributed by atoms with van der Waals surface area (Å²) in [6, 6.07) is 7.54. The zero-order chi connectivity index (χ0) is 22.7. The van der Waals surface area contributed by atoms with Crippen LogP contribution in [0.1, 0.15) is 57.9 Å². The van der Waals surface area contributed by atoms with Gasteiger partial charge < -0.3 is 18.9 Å². The van der Waals surface area contributed by atoms with Crippen LogP contribution in [0, 0.1) is 0 Å². The number of rotatable bonds is 17. The van der Waals surface area contributed by atoms with Gasteiger partial charge in [0.05, 0.1) is 19.8 Å². The van der Waals surface area contributed by atoms with Gasteiger partial charge in [0, 0.05) is 18.3 Å². The standard InChI is InChI=1S/C25H36O6/c1-4-5-16-28-19-20-30-24(26)15-12-22-10-13-23(14-11-22)29-17-8-6-7-9-18-31-25(27)21(2)3/h10-15H,2,4-9,16-20H2,1,3H3. The van der Waals surface area contributed by atoms with Crippen LogP contribution in [0.2, 0.25) is 0 Å². The molecule has 0 saturated heterocycles. The van der Waals surface area contributed by atoms with E-state index in [0.29, 0.717) is 32.0 Å². The fraction of sp³-hybridized carbons (Fsp3) is 0.520. The van der Waals surface area contributed by atoms with E-state index in [1.54, 1.807) is 13.0 Å². The van der Waals surface area contributed by atoms with E-state index in [-0.39, 0.29) is 18.5 Å². The van der Waals surface area contributed by atoms with Crippen LogP contribution in [0.3, 0.4) is 0 Å². The van der Waals surface area contributed by atoms with E-state index in [1.165, 1.54) is 6.08 Å². The normalized spacial score (nSPS) is 10.8. The van der Waals surface area contributed by atoms with Crippen molar-refractivity contribution in [3.05, 3.63) is 48.1 Å². The van der Waals surface area contributed by atoms with Crippen molar-refractivity contribution in [1.29, 1.82) is 0 Å². The van der Waals surface area contributed by atoms with Gasteiger partial charge in [-0.1, -0.05) is 32.1 Å². The van der Waals surface area contributed by atoms with Gasteiger partial charge in [0.15, 0.2) is 0 Å². The van der Waals surface area contributed by atoms with E-state index in [9.17, 15) is 9.59 Å². The van der Waals surface area contributed by atoms with E-state index in [2.05, 4.69) is 13.5 Å². The maximum atomic E-state index is 11.7. The monoisotopic (exact) mass is 432 g/mol. The van der Waals surface area contributed by atoms with Gasteiger partial charge in [0.2, 0.25) is 0 Å². The lowest BCUT2D eigenvalue weighted by Crippen LogP contribution is -2.08. The lowest BCUT2D eigenvalue weighted by molar-refractivity contribution is -0.140. The molecule has 0 aliphatic carbocycles. The second kappa shape index (κ2) is 17.1. The molecule has 1 aromatic rings. The van der Waals surface area contributed by atoms with Crippen molar-refractivity contribution in [3.8, 4) is 5.75 Å². The Bertz CT molecular complexity index is 678. The minimum Gasteiger partial charge on any atom is -0.494 e. The molecule has 172 valence electrons. The molecule has 0 bridgehead atoms. The van der Waals surface area contributed by atoms with Crippen LogP contribution in [0.4, 0.5) is 0 Å². The number of benzene rings is 1. The highest BCUT2D eigenvalue weighted by Gasteiger charge is 2.02. The third-order valence-corrected chi connectivity index (χ3v) is 4.30. The molecular weight excluding hydrogens is 396 g/mol. The maximum Gasteiger partial charge on any atom is 0.333 e. The summed E-state index contributed by atoms with van der Waals surface area (Å²) in [6.45, 7) is 9.74. The van der Waals surface area contributed by atoms with Crippen molar-refractivity contribution in [2.24, 2.45) is 0 Å². The van der Waals surface area contributed by atoms with Crippen molar-refractivity contribution < 1.29 is 28.5 Å². The Labute approximate surface area is 186 Å². The minimum atomic E-state index is -0.381. The Morgan fingerprint density at radius 3 is 2.26 bits per heavy atom. The van der Waals surface area contributed by atoms with E-state index < -0.39 is 0 Å². The predicted molar refractivity (Wildman–Crippen MR) is 122 cm³/mol. The molecule has 0 fully saturated rings. The first-order valence-electron chi connectivity index (χ1n) is 11.0. The van der Waals surface area contributed by atoms with E-state index in [4.69, 9.17) is 18.9 Å². The maximum absolute atomic E-state index is 11.7. The summed E-state index contributed by atoms with van der Waals surface area (Å²) in [5.41, 5.74) is 1.32. The third kappa shape index (κ3) is 14.1. The second-order valence-corrected chi connectivity index (χ2v) is 7.21. The highest BCUT2D eigenvalue weighted by atomic mass is 16.6. The van der Waals surface area contributed by atoms with Crippen molar-refractivity contribution in [3.63, 3.8) is 0 Å². The molecule has 6 heteroatoms. The van der Waals surface area contributed by atoms with Gasteiger partial charge in [-0.05, 0) is 62.8 Å². The molecule has 31 heavy (non-hydrogen) atoms. The van der Waals surface area contributed by atoms with Gasteiger partial charge in [-0.2, -0.15) is 0 Å². The molecule has 0 radical (unpaired) electrons. The van der Waals surface area contributed by atoms with Crippen molar-refractivity contribution in [2.75, 3.05) is 33.0 Å². The van der Waals surface area contributed by atoms with Crippen LogP contribution in [-0.4, -0.2) is 45.0 Å². The van der Waals surface area contributed by atoms with Gasteiger partial charge in [-0.3, -0.25) is 0 Å². The number of carbonyl (C=O) groups excluding carboxylic acids is 2. The average Bonchev–Trinajstić information content (AvgIpc) is 2.77. The number of hydrogen-bond donors (Lipinski definition) is 0. The molecule has 0 unspecified atom stereocenters. The fourth-order valence-electron chi connectivity index (χ4n) is 2.47. The summed E-state index contributed by atoms with van der Waals surface area (Å²) in [5.74, 6) is 0.0825. The first kappa shape index (κ1) is 26.4. The number of unbranched alkanes of at least 4 members (excludes halogenated alkanes) is 4. The van der Waals surface area contributed by atoms with Crippen molar-refractivity contribution >= 4 is 18.0 Å². The Morgan fingerprint density at radius 2 is 1.58 bits per heavy atom. The summed E-state index contributed by atoms with van der Waals surface area (Å²) in [7, 11) is 0. The molecule has 0 amide bonds. The van der Waals surface area contributed by atoms with Gasteiger partial charge in [0.1, 0.15) is 12.4 Å². The van der Waals surface area contributed by atoms with Crippen molar-refractivity contribution in [1.82, 2.24) is 0 Å². The van der Waals surface area contributed by atoms with Gasteiger partial charge in [-0.15, -0.1) is 0 Å².